The lowest BCUT2D eigenvalue weighted by Crippen LogP contribution is -2.32. The summed E-state index contributed by atoms with van der Waals surface area (Å²) in [6.07, 6.45) is 7.40. The van der Waals surface area contributed by atoms with E-state index in [-0.39, 0.29) is 0 Å². The lowest BCUT2D eigenvalue weighted by atomic mass is 10.1. The number of halogens is 1. The van der Waals surface area contributed by atoms with E-state index in [1.165, 1.54) is 25.7 Å². The molecule has 1 saturated carbocycles. The Morgan fingerprint density at radius 3 is 2.83 bits per heavy atom. The van der Waals surface area contributed by atoms with E-state index in [4.69, 9.17) is 11.6 Å². The molecule has 0 amide bonds. The van der Waals surface area contributed by atoms with E-state index < -0.39 is 0 Å². The number of nitrogens with zero attached hydrogens (tertiary/aromatic N) is 2. The molecule has 4 heteroatoms. The van der Waals surface area contributed by atoms with Gasteiger partial charge in [-0.2, -0.15) is 5.10 Å². The van der Waals surface area contributed by atoms with E-state index in [0.29, 0.717) is 23.9 Å². The van der Waals surface area contributed by atoms with Gasteiger partial charge >= 0.3 is 0 Å². The smallest absolute Gasteiger partial charge is 0.0762 e. The van der Waals surface area contributed by atoms with Crippen LogP contribution in [0.3, 0.4) is 0 Å². The van der Waals surface area contributed by atoms with Crippen LogP contribution >= 0.6 is 11.6 Å². The standard InChI is InChI=1S/C14H24ClN3/c1-11(9-15)12(2)16-10-13-7-8-18(17-13)14-5-3-4-6-14/h7-8,11-12,14,16H,3-6,9-10H2,1-2H3. The first-order valence-corrected chi connectivity index (χ1v) is 7.57. The SMILES string of the molecule is CC(CCl)C(C)NCc1ccn(C2CCCC2)n1. The van der Waals surface area contributed by atoms with Crippen LogP contribution in [0.1, 0.15) is 51.3 Å². The van der Waals surface area contributed by atoms with Crippen molar-refractivity contribution in [2.24, 2.45) is 5.92 Å². The Hall–Kier alpha value is -0.540. The lowest BCUT2D eigenvalue weighted by molar-refractivity contribution is 0.420. The fourth-order valence-corrected chi connectivity index (χ4v) is 2.71. The van der Waals surface area contributed by atoms with Crippen molar-refractivity contribution in [2.45, 2.75) is 58.2 Å². The molecule has 2 unspecified atom stereocenters. The molecule has 1 aliphatic carbocycles. The molecule has 1 N–H and O–H groups in total. The molecule has 1 heterocycles. The zero-order valence-corrected chi connectivity index (χ0v) is 12.2. The summed E-state index contributed by atoms with van der Waals surface area (Å²) in [5.74, 6) is 1.19. The van der Waals surface area contributed by atoms with Gasteiger partial charge in [0.2, 0.25) is 0 Å². The highest BCUT2D eigenvalue weighted by molar-refractivity contribution is 6.18. The molecule has 1 aromatic heterocycles. The predicted octanol–water partition coefficient (Wildman–Crippen LogP) is 3.35. The third kappa shape index (κ3) is 3.48. The summed E-state index contributed by atoms with van der Waals surface area (Å²) in [5.41, 5.74) is 1.13. The van der Waals surface area contributed by atoms with Gasteiger partial charge in [0, 0.05) is 24.7 Å². The number of rotatable bonds is 6. The van der Waals surface area contributed by atoms with Crippen LogP contribution in [-0.4, -0.2) is 21.7 Å². The van der Waals surface area contributed by atoms with Crippen molar-refractivity contribution in [3.63, 3.8) is 0 Å². The second-order valence-corrected chi connectivity index (χ2v) is 5.84. The van der Waals surface area contributed by atoms with Crippen LogP contribution in [0, 0.1) is 5.92 Å². The van der Waals surface area contributed by atoms with Crippen LogP contribution in [0.15, 0.2) is 12.3 Å². The Kier molecular flexibility index (Phi) is 5.07. The van der Waals surface area contributed by atoms with E-state index in [1.54, 1.807) is 0 Å². The maximum Gasteiger partial charge on any atom is 0.0762 e. The van der Waals surface area contributed by atoms with Gasteiger partial charge in [0.1, 0.15) is 0 Å². The Morgan fingerprint density at radius 2 is 2.17 bits per heavy atom. The Labute approximate surface area is 115 Å². The molecule has 102 valence electrons. The summed E-state index contributed by atoms with van der Waals surface area (Å²) in [5, 5.41) is 8.16. The number of aromatic nitrogens is 2. The van der Waals surface area contributed by atoms with Crippen LogP contribution < -0.4 is 5.32 Å². The molecule has 0 spiro atoms. The normalized spacial score (nSPS) is 20.2. The Balaban J connectivity index is 1.83. The summed E-state index contributed by atoms with van der Waals surface area (Å²) < 4.78 is 2.15. The van der Waals surface area contributed by atoms with Crippen molar-refractivity contribution in [1.82, 2.24) is 15.1 Å². The van der Waals surface area contributed by atoms with Gasteiger partial charge in [-0.25, -0.2) is 0 Å². The molecule has 0 saturated heterocycles. The zero-order chi connectivity index (χ0) is 13.0. The summed E-state index contributed by atoms with van der Waals surface area (Å²) in [6, 6.07) is 3.20. The molecule has 0 aromatic carbocycles. The first kappa shape index (κ1) is 13.9. The maximum atomic E-state index is 5.86. The van der Waals surface area contributed by atoms with Gasteiger partial charge in [-0.15, -0.1) is 11.6 Å². The molecule has 2 rings (SSSR count). The number of alkyl halides is 1. The summed E-state index contributed by atoms with van der Waals surface area (Å²) in [6.45, 7) is 5.19. The van der Waals surface area contributed by atoms with E-state index in [9.17, 15) is 0 Å². The first-order valence-electron chi connectivity index (χ1n) is 7.04. The largest absolute Gasteiger partial charge is 0.308 e. The molecule has 1 aromatic rings. The summed E-state index contributed by atoms with van der Waals surface area (Å²) in [4.78, 5) is 0. The molecule has 1 fully saturated rings. The minimum absolute atomic E-state index is 0.430. The second kappa shape index (κ2) is 6.58. The molecule has 0 radical (unpaired) electrons. The van der Waals surface area contributed by atoms with Crippen molar-refractivity contribution in [2.75, 3.05) is 5.88 Å². The highest BCUT2D eigenvalue weighted by atomic mass is 35.5. The number of hydrogen-bond donors (Lipinski definition) is 1. The number of nitrogens with one attached hydrogen (secondary N) is 1. The van der Waals surface area contributed by atoms with Crippen LogP contribution in [0.2, 0.25) is 0 Å². The second-order valence-electron chi connectivity index (χ2n) is 5.53. The quantitative estimate of drug-likeness (QED) is 0.803. The summed E-state index contributed by atoms with van der Waals surface area (Å²) >= 11 is 5.86. The van der Waals surface area contributed by atoms with Gasteiger partial charge in [0.05, 0.1) is 11.7 Å². The van der Waals surface area contributed by atoms with Crippen molar-refractivity contribution in [3.05, 3.63) is 18.0 Å². The van der Waals surface area contributed by atoms with Crippen LogP contribution in [0.5, 0.6) is 0 Å². The van der Waals surface area contributed by atoms with Crippen LogP contribution in [-0.2, 0) is 6.54 Å². The molecule has 3 nitrogen and oxygen atoms in total. The number of hydrogen-bond acceptors (Lipinski definition) is 2. The third-order valence-electron chi connectivity index (χ3n) is 4.06. The van der Waals surface area contributed by atoms with Gasteiger partial charge in [-0.1, -0.05) is 19.8 Å². The summed E-state index contributed by atoms with van der Waals surface area (Å²) in [7, 11) is 0. The highest BCUT2D eigenvalue weighted by Crippen LogP contribution is 2.28. The molecule has 1 aliphatic rings. The highest BCUT2D eigenvalue weighted by Gasteiger charge is 2.17. The van der Waals surface area contributed by atoms with Gasteiger partial charge in [0.15, 0.2) is 0 Å². The van der Waals surface area contributed by atoms with Gasteiger partial charge in [-0.05, 0) is 31.7 Å². The van der Waals surface area contributed by atoms with Crippen LogP contribution in [0.25, 0.3) is 0 Å². The fourth-order valence-electron chi connectivity index (χ4n) is 2.44. The first-order chi connectivity index (χ1) is 8.70. The molecule has 18 heavy (non-hydrogen) atoms. The van der Waals surface area contributed by atoms with Gasteiger partial charge in [0.25, 0.3) is 0 Å². The molecule has 0 bridgehead atoms. The van der Waals surface area contributed by atoms with Crippen molar-refractivity contribution < 1.29 is 0 Å². The topological polar surface area (TPSA) is 29.9 Å². The Morgan fingerprint density at radius 1 is 1.44 bits per heavy atom. The maximum absolute atomic E-state index is 5.86. The fraction of sp³-hybridized carbons (Fsp3) is 0.786. The third-order valence-corrected chi connectivity index (χ3v) is 4.55. The van der Waals surface area contributed by atoms with E-state index >= 15 is 0 Å². The minimum Gasteiger partial charge on any atom is -0.308 e. The van der Waals surface area contributed by atoms with Crippen LogP contribution in [0.4, 0.5) is 0 Å². The minimum atomic E-state index is 0.430. The average Bonchev–Trinajstić information content (AvgIpc) is 3.04. The Bertz CT molecular complexity index is 358. The molecular weight excluding hydrogens is 246 g/mol. The zero-order valence-electron chi connectivity index (χ0n) is 11.4. The predicted molar refractivity (Wildman–Crippen MR) is 75.9 cm³/mol. The van der Waals surface area contributed by atoms with Crippen molar-refractivity contribution in [3.8, 4) is 0 Å². The molecule has 0 aliphatic heterocycles. The van der Waals surface area contributed by atoms with Crippen molar-refractivity contribution >= 4 is 11.6 Å². The van der Waals surface area contributed by atoms with E-state index in [1.807, 2.05) is 0 Å². The van der Waals surface area contributed by atoms with Gasteiger partial charge < -0.3 is 5.32 Å². The lowest BCUT2D eigenvalue weighted by Gasteiger charge is -2.18. The molecule has 2 atom stereocenters. The average molecular weight is 270 g/mol. The molecular formula is C14H24ClN3. The van der Waals surface area contributed by atoms with Crippen molar-refractivity contribution in [1.29, 1.82) is 0 Å². The van der Waals surface area contributed by atoms with E-state index in [2.05, 4.69) is 41.2 Å². The van der Waals surface area contributed by atoms with Gasteiger partial charge in [-0.3, -0.25) is 4.68 Å². The monoisotopic (exact) mass is 269 g/mol. The van der Waals surface area contributed by atoms with E-state index in [0.717, 1.165) is 12.2 Å².